The summed E-state index contributed by atoms with van der Waals surface area (Å²) in [6, 6.07) is 10.4. The SMILES string of the molecule is COc1ccc(Nc2ncc(Cl)c(Nc3ccc(N4CCN5CCOCC5C4)c4c3CN(C)C4)n2)c(OC)c1. The van der Waals surface area contributed by atoms with Gasteiger partial charge in [0.15, 0.2) is 5.82 Å². The molecule has 10 nitrogen and oxygen atoms in total. The lowest BCUT2D eigenvalue weighted by molar-refractivity contribution is -0.0117. The average Bonchev–Trinajstić information content (AvgIpc) is 3.36. The number of hydrogen-bond acceptors (Lipinski definition) is 10. The number of fused-ring (bicyclic) bond motifs is 2. The van der Waals surface area contributed by atoms with Gasteiger partial charge in [0.25, 0.3) is 0 Å². The molecule has 2 aromatic carbocycles. The lowest BCUT2D eigenvalue weighted by Crippen LogP contribution is -2.58. The zero-order valence-corrected chi connectivity index (χ0v) is 23.3. The summed E-state index contributed by atoms with van der Waals surface area (Å²) in [6.07, 6.45) is 1.60. The number of benzene rings is 2. The number of piperazine rings is 1. The first-order chi connectivity index (χ1) is 19.0. The first-order valence-corrected chi connectivity index (χ1v) is 13.6. The molecule has 0 spiro atoms. The fourth-order valence-corrected chi connectivity index (χ4v) is 5.82. The Morgan fingerprint density at radius 1 is 1.00 bits per heavy atom. The first-order valence-electron chi connectivity index (χ1n) is 13.2. The number of aromatic nitrogens is 2. The van der Waals surface area contributed by atoms with Crippen molar-refractivity contribution in [2.45, 2.75) is 19.1 Å². The topological polar surface area (TPSA) is 87.2 Å². The third kappa shape index (κ3) is 5.29. The van der Waals surface area contributed by atoms with Gasteiger partial charge in [-0.1, -0.05) is 11.6 Å². The Bertz CT molecular complexity index is 1360. The van der Waals surface area contributed by atoms with Gasteiger partial charge in [0.1, 0.15) is 16.5 Å². The van der Waals surface area contributed by atoms with Gasteiger partial charge in [0.2, 0.25) is 5.95 Å². The minimum absolute atomic E-state index is 0.406. The summed E-state index contributed by atoms with van der Waals surface area (Å²) in [5.41, 5.74) is 5.68. The molecule has 1 unspecified atom stereocenters. The van der Waals surface area contributed by atoms with E-state index in [2.05, 4.69) is 54.5 Å². The van der Waals surface area contributed by atoms with Crippen LogP contribution in [-0.4, -0.2) is 86.5 Å². The second-order valence-electron chi connectivity index (χ2n) is 10.2. The molecule has 206 valence electrons. The van der Waals surface area contributed by atoms with Gasteiger partial charge in [-0.2, -0.15) is 4.98 Å². The Labute approximate surface area is 233 Å². The summed E-state index contributed by atoms with van der Waals surface area (Å²) < 4.78 is 16.6. The highest BCUT2D eigenvalue weighted by molar-refractivity contribution is 6.32. The van der Waals surface area contributed by atoms with Gasteiger partial charge in [-0.25, -0.2) is 4.98 Å². The molecule has 2 fully saturated rings. The van der Waals surface area contributed by atoms with Crippen molar-refractivity contribution >= 4 is 40.4 Å². The molecule has 2 saturated heterocycles. The molecule has 1 atom stereocenters. The highest BCUT2D eigenvalue weighted by Gasteiger charge is 2.32. The molecule has 1 aromatic heterocycles. The first kappa shape index (κ1) is 25.9. The predicted octanol–water partition coefficient (Wildman–Crippen LogP) is 4.10. The number of methoxy groups -OCH3 is 2. The van der Waals surface area contributed by atoms with Crippen molar-refractivity contribution in [1.29, 1.82) is 0 Å². The monoisotopic (exact) mass is 551 g/mol. The minimum Gasteiger partial charge on any atom is -0.497 e. The van der Waals surface area contributed by atoms with Crippen LogP contribution in [0.3, 0.4) is 0 Å². The summed E-state index contributed by atoms with van der Waals surface area (Å²) in [5.74, 6) is 2.27. The normalized spacial score (nSPS) is 19.4. The molecule has 6 rings (SSSR count). The molecule has 4 heterocycles. The van der Waals surface area contributed by atoms with E-state index in [4.69, 9.17) is 25.8 Å². The maximum atomic E-state index is 6.55. The molecule has 0 bridgehead atoms. The lowest BCUT2D eigenvalue weighted by atomic mass is 10.0. The van der Waals surface area contributed by atoms with Gasteiger partial charge >= 0.3 is 0 Å². The number of morpholine rings is 1. The van der Waals surface area contributed by atoms with E-state index in [-0.39, 0.29) is 0 Å². The van der Waals surface area contributed by atoms with Gasteiger partial charge in [0.05, 0.1) is 45.4 Å². The molecule has 11 heteroatoms. The van der Waals surface area contributed by atoms with E-state index in [9.17, 15) is 0 Å². The van der Waals surface area contributed by atoms with E-state index in [1.807, 2.05) is 12.1 Å². The Morgan fingerprint density at radius 2 is 1.85 bits per heavy atom. The smallest absolute Gasteiger partial charge is 0.229 e. The summed E-state index contributed by atoms with van der Waals surface area (Å²) in [5, 5.41) is 7.17. The van der Waals surface area contributed by atoms with Crippen molar-refractivity contribution in [2.75, 3.05) is 76.2 Å². The zero-order valence-electron chi connectivity index (χ0n) is 22.5. The molecule has 0 radical (unpaired) electrons. The Balaban J connectivity index is 1.25. The van der Waals surface area contributed by atoms with Crippen molar-refractivity contribution in [3.05, 3.63) is 52.7 Å². The van der Waals surface area contributed by atoms with Crippen molar-refractivity contribution in [1.82, 2.24) is 19.8 Å². The second-order valence-corrected chi connectivity index (χ2v) is 10.6. The molecule has 0 aliphatic carbocycles. The maximum absolute atomic E-state index is 6.55. The number of ether oxygens (including phenoxy) is 3. The third-order valence-corrected chi connectivity index (χ3v) is 7.97. The summed E-state index contributed by atoms with van der Waals surface area (Å²) >= 11 is 6.55. The molecular weight excluding hydrogens is 518 g/mol. The quantitative estimate of drug-likeness (QED) is 0.447. The average molecular weight is 552 g/mol. The number of anilines is 5. The van der Waals surface area contributed by atoms with E-state index < -0.39 is 0 Å². The van der Waals surface area contributed by atoms with Crippen LogP contribution < -0.4 is 25.0 Å². The van der Waals surface area contributed by atoms with Crippen LogP contribution in [-0.2, 0) is 17.8 Å². The number of nitrogens with one attached hydrogen (secondary N) is 2. The van der Waals surface area contributed by atoms with E-state index in [1.54, 1.807) is 26.5 Å². The Morgan fingerprint density at radius 3 is 2.69 bits per heavy atom. The number of halogens is 1. The molecule has 2 N–H and O–H groups in total. The number of nitrogens with zero attached hydrogens (tertiary/aromatic N) is 5. The predicted molar refractivity (Wildman–Crippen MR) is 153 cm³/mol. The molecular formula is C28H34ClN7O3. The summed E-state index contributed by atoms with van der Waals surface area (Å²) in [6.45, 7) is 7.54. The van der Waals surface area contributed by atoms with E-state index in [0.29, 0.717) is 34.3 Å². The third-order valence-electron chi connectivity index (χ3n) is 7.69. The fourth-order valence-electron chi connectivity index (χ4n) is 5.68. The van der Waals surface area contributed by atoms with E-state index in [1.165, 1.54) is 16.8 Å². The highest BCUT2D eigenvalue weighted by Crippen LogP contribution is 2.39. The van der Waals surface area contributed by atoms with Gasteiger partial charge in [-0.15, -0.1) is 0 Å². The van der Waals surface area contributed by atoms with Gasteiger partial charge < -0.3 is 29.7 Å². The minimum atomic E-state index is 0.406. The second kappa shape index (κ2) is 11.1. The van der Waals surface area contributed by atoms with Crippen LogP contribution in [0.4, 0.5) is 28.8 Å². The Kier molecular flexibility index (Phi) is 7.35. The van der Waals surface area contributed by atoms with Crippen LogP contribution in [0.5, 0.6) is 11.5 Å². The summed E-state index contributed by atoms with van der Waals surface area (Å²) in [4.78, 5) is 16.5. The molecule has 3 aliphatic heterocycles. The molecule has 39 heavy (non-hydrogen) atoms. The highest BCUT2D eigenvalue weighted by atomic mass is 35.5. The lowest BCUT2D eigenvalue weighted by Gasteiger charge is -2.45. The molecule has 3 aliphatic rings. The summed E-state index contributed by atoms with van der Waals surface area (Å²) in [7, 11) is 5.39. The van der Waals surface area contributed by atoms with Crippen molar-refractivity contribution in [3.8, 4) is 11.5 Å². The van der Waals surface area contributed by atoms with Gasteiger partial charge in [-0.3, -0.25) is 9.80 Å². The molecule has 0 saturated carbocycles. The molecule has 0 amide bonds. The van der Waals surface area contributed by atoms with Crippen molar-refractivity contribution in [2.24, 2.45) is 0 Å². The van der Waals surface area contributed by atoms with Crippen molar-refractivity contribution in [3.63, 3.8) is 0 Å². The number of rotatable bonds is 7. The van der Waals surface area contributed by atoms with Crippen LogP contribution in [0.25, 0.3) is 0 Å². The van der Waals surface area contributed by atoms with E-state index >= 15 is 0 Å². The maximum Gasteiger partial charge on any atom is 0.229 e. The molecule has 3 aromatic rings. The van der Waals surface area contributed by atoms with Crippen LogP contribution in [0.15, 0.2) is 36.5 Å². The van der Waals surface area contributed by atoms with Crippen LogP contribution in [0.1, 0.15) is 11.1 Å². The zero-order chi connectivity index (χ0) is 26.9. The van der Waals surface area contributed by atoms with Gasteiger partial charge in [0, 0.05) is 56.7 Å². The van der Waals surface area contributed by atoms with Gasteiger partial charge in [-0.05, 0) is 42.4 Å². The number of hydrogen-bond donors (Lipinski definition) is 2. The standard InChI is InChI=1S/C28H34ClN7O3/c1-34-15-20-21(16-34)25(36-9-8-35-10-11-39-17-18(35)14-36)7-6-23(20)31-27-22(29)13-30-28(33-27)32-24-5-4-19(37-2)12-26(24)38-3/h4-7,12-13,18H,8-11,14-17H2,1-3H3,(H2,30,31,32,33). The Hall–Kier alpha value is -3.31. The van der Waals surface area contributed by atoms with Crippen molar-refractivity contribution < 1.29 is 14.2 Å². The largest absolute Gasteiger partial charge is 0.497 e. The van der Waals surface area contributed by atoms with E-state index in [0.717, 1.165) is 63.9 Å². The van der Waals surface area contributed by atoms with Crippen LogP contribution >= 0.6 is 11.6 Å². The van der Waals surface area contributed by atoms with Crippen LogP contribution in [0.2, 0.25) is 5.02 Å². The fraction of sp³-hybridized carbons (Fsp3) is 0.429. The van der Waals surface area contributed by atoms with Crippen LogP contribution in [0, 0.1) is 0 Å².